The van der Waals surface area contributed by atoms with E-state index in [1.54, 1.807) is 0 Å². The Morgan fingerprint density at radius 3 is 2.57 bits per heavy atom. The van der Waals surface area contributed by atoms with Crippen molar-refractivity contribution in [2.75, 3.05) is 19.6 Å². The number of aliphatic imine (C=N–C) groups is 1. The first-order valence-corrected chi connectivity index (χ1v) is 8.95. The van der Waals surface area contributed by atoms with E-state index in [1.165, 1.54) is 4.90 Å². The molecule has 1 unspecified atom stereocenters. The lowest BCUT2D eigenvalue weighted by atomic mass is 9.80. The SMILES string of the molecule is CCNC(=NCC1(O)CCC1)NCC(C)Sc1ccccc1.I. The third kappa shape index (κ3) is 7.30. The van der Waals surface area contributed by atoms with E-state index in [9.17, 15) is 5.11 Å². The van der Waals surface area contributed by atoms with Crippen LogP contribution in [-0.2, 0) is 0 Å². The molecule has 130 valence electrons. The third-order valence-electron chi connectivity index (χ3n) is 3.80. The Hall–Kier alpha value is -0.470. The van der Waals surface area contributed by atoms with Gasteiger partial charge in [0.05, 0.1) is 12.1 Å². The summed E-state index contributed by atoms with van der Waals surface area (Å²) in [4.78, 5) is 5.80. The first-order chi connectivity index (χ1) is 10.6. The van der Waals surface area contributed by atoms with Crippen LogP contribution >= 0.6 is 35.7 Å². The number of rotatable bonds is 7. The number of nitrogens with zero attached hydrogens (tertiary/aromatic N) is 1. The van der Waals surface area contributed by atoms with Crippen molar-refractivity contribution >= 4 is 41.7 Å². The number of halogens is 1. The lowest BCUT2D eigenvalue weighted by Gasteiger charge is -2.35. The molecule has 2 rings (SSSR count). The molecular formula is C17H28IN3OS. The van der Waals surface area contributed by atoms with Gasteiger partial charge in [0.1, 0.15) is 0 Å². The van der Waals surface area contributed by atoms with Crippen molar-refractivity contribution < 1.29 is 5.11 Å². The smallest absolute Gasteiger partial charge is 0.191 e. The molecule has 1 saturated carbocycles. The van der Waals surface area contributed by atoms with Crippen molar-refractivity contribution in [1.82, 2.24) is 10.6 Å². The molecule has 23 heavy (non-hydrogen) atoms. The number of guanidine groups is 1. The van der Waals surface area contributed by atoms with Crippen molar-refractivity contribution in [2.45, 2.75) is 48.9 Å². The Morgan fingerprint density at radius 1 is 1.30 bits per heavy atom. The third-order valence-corrected chi connectivity index (χ3v) is 4.91. The first kappa shape index (κ1) is 20.6. The van der Waals surface area contributed by atoms with E-state index in [2.05, 4.69) is 53.7 Å². The Labute approximate surface area is 160 Å². The predicted molar refractivity (Wildman–Crippen MR) is 110 cm³/mol. The molecule has 0 aromatic heterocycles. The monoisotopic (exact) mass is 449 g/mol. The van der Waals surface area contributed by atoms with Gasteiger partial charge in [-0.3, -0.25) is 4.99 Å². The standard InChI is InChI=1S/C17H27N3OS.HI/c1-3-18-16(20-13-17(21)10-7-11-17)19-12-14(2)22-15-8-5-4-6-9-15;/h4-6,8-9,14,21H,3,7,10-13H2,1-2H3,(H2,18,19,20);1H. The zero-order valence-electron chi connectivity index (χ0n) is 13.9. The molecule has 0 amide bonds. The van der Waals surface area contributed by atoms with Crippen LogP contribution in [0.25, 0.3) is 0 Å². The van der Waals surface area contributed by atoms with Crippen molar-refractivity contribution in [3.8, 4) is 0 Å². The summed E-state index contributed by atoms with van der Waals surface area (Å²) in [6.07, 6.45) is 2.85. The second-order valence-electron chi connectivity index (χ2n) is 5.90. The fourth-order valence-corrected chi connectivity index (χ4v) is 3.27. The number of thioether (sulfide) groups is 1. The quantitative estimate of drug-likeness (QED) is 0.259. The highest BCUT2D eigenvalue weighted by Gasteiger charge is 2.34. The van der Waals surface area contributed by atoms with Gasteiger partial charge in [0.25, 0.3) is 0 Å². The lowest BCUT2D eigenvalue weighted by Crippen LogP contribution is -2.44. The van der Waals surface area contributed by atoms with Gasteiger partial charge in [-0.05, 0) is 38.3 Å². The highest BCUT2D eigenvalue weighted by molar-refractivity contribution is 14.0. The lowest BCUT2D eigenvalue weighted by molar-refractivity contribution is -0.0236. The van der Waals surface area contributed by atoms with E-state index in [0.717, 1.165) is 38.3 Å². The van der Waals surface area contributed by atoms with Gasteiger partial charge >= 0.3 is 0 Å². The van der Waals surface area contributed by atoms with Crippen LogP contribution in [0.2, 0.25) is 0 Å². The van der Waals surface area contributed by atoms with Crippen molar-refractivity contribution in [2.24, 2.45) is 4.99 Å². The fraction of sp³-hybridized carbons (Fsp3) is 0.588. The van der Waals surface area contributed by atoms with Gasteiger partial charge in [-0.25, -0.2) is 0 Å². The summed E-state index contributed by atoms with van der Waals surface area (Å²) in [5.74, 6) is 0.795. The molecule has 0 bridgehead atoms. The average Bonchev–Trinajstić information content (AvgIpc) is 2.49. The summed E-state index contributed by atoms with van der Waals surface area (Å²) < 4.78 is 0. The molecule has 0 saturated heterocycles. The van der Waals surface area contributed by atoms with Crippen LogP contribution in [-0.4, -0.2) is 41.6 Å². The summed E-state index contributed by atoms with van der Waals surface area (Å²) in [5.41, 5.74) is -0.563. The Balaban J connectivity index is 0.00000264. The zero-order valence-corrected chi connectivity index (χ0v) is 17.1. The summed E-state index contributed by atoms with van der Waals surface area (Å²) in [7, 11) is 0. The van der Waals surface area contributed by atoms with Crippen LogP contribution in [0, 0.1) is 0 Å². The molecule has 4 nitrogen and oxygen atoms in total. The molecular weight excluding hydrogens is 421 g/mol. The molecule has 1 aliphatic rings. The molecule has 0 spiro atoms. The second kappa shape index (κ2) is 10.4. The Kier molecular flexibility index (Phi) is 9.31. The largest absolute Gasteiger partial charge is 0.388 e. The van der Waals surface area contributed by atoms with Crippen LogP contribution < -0.4 is 10.6 Å². The van der Waals surface area contributed by atoms with Crippen LogP contribution in [0.1, 0.15) is 33.1 Å². The summed E-state index contributed by atoms with van der Waals surface area (Å²) >= 11 is 1.85. The van der Waals surface area contributed by atoms with Crippen molar-refractivity contribution in [3.63, 3.8) is 0 Å². The molecule has 1 atom stereocenters. The molecule has 0 aliphatic heterocycles. The van der Waals surface area contributed by atoms with E-state index in [1.807, 2.05) is 17.8 Å². The minimum atomic E-state index is -0.563. The normalized spacial score (nSPS) is 17.6. The predicted octanol–water partition coefficient (Wildman–Crippen LogP) is 3.26. The van der Waals surface area contributed by atoms with Crippen LogP contribution in [0.15, 0.2) is 40.2 Å². The van der Waals surface area contributed by atoms with E-state index in [0.29, 0.717) is 11.8 Å². The molecule has 1 aromatic carbocycles. The second-order valence-corrected chi connectivity index (χ2v) is 7.41. The number of hydrogen-bond acceptors (Lipinski definition) is 3. The summed E-state index contributed by atoms with van der Waals surface area (Å²) in [5, 5.41) is 17.2. The van der Waals surface area contributed by atoms with E-state index >= 15 is 0 Å². The van der Waals surface area contributed by atoms with Gasteiger partial charge in [-0.2, -0.15) is 0 Å². The van der Waals surface area contributed by atoms with Crippen LogP contribution in [0.5, 0.6) is 0 Å². The van der Waals surface area contributed by atoms with E-state index < -0.39 is 5.60 Å². The molecule has 1 aliphatic carbocycles. The number of aliphatic hydroxyl groups is 1. The van der Waals surface area contributed by atoms with Crippen molar-refractivity contribution in [1.29, 1.82) is 0 Å². The molecule has 0 heterocycles. The minimum Gasteiger partial charge on any atom is -0.388 e. The van der Waals surface area contributed by atoms with Gasteiger partial charge in [0.2, 0.25) is 0 Å². The number of nitrogens with one attached hydrogen (secondary N) is 2. The van der Waals surface area contributed by atoms with Gasteiger partial charge in [0.15, 0.2) is 5.96 Å². The number of hydrogen-bond donors (Lipinski definition) is 3. The summed E-state index contributed by atoms with van der Waals surface area (Å²) in [6.45, 7) is 6.40. The van der Waals surface area contributed by atoms with Crippen molar-refractivity contribution in [3.05, 3.63) is 30.3 Å². The van der Waals surface area contributed by atoms with Crippen LogP contribution in [0.3, 0.4) is 0 Å². The number of benzene rings is 1. The Bertz CT molecular complexity index is 480. The maximum absolute atomic E-state index is 10.1. The average molecular weight is 449 g/mol. The maximum atomic E-state index is 10.1. The highest BCUT2D eigenvalue weighted by Crippen LogP contribution is 2.31. The molecule has 0 radical (unpaired) electrons. The van der Waals surface area contributed by atoms with Crippen LogP contribution in [0.4, 0.5) is 0 Å². The minimum absolute atomic E-state index is 0. The fourth-order valence-electron chi connectivity index (χ4n) is 2.32. The highest BCUT2D eigenvalue weighted by atomic mass is 127. The maximum Gasteiger partial charge on any atom is 0.191 e. The van der Waals surface area contributed by atoms with Gasteiger partial charge in [-0.1, -0.05) is 25.1 Å². The summed E-state index contributed by atoms with van der Waals surface area (Å²) in [6, 6.07) is 10.4. The van der Waals surface area contributed by atoms with Gasteiger partial charge in [-0.15, -0.1) is 35.7 Å². The zero-order chi connectivity index (χ0) is 15.8. The first-order valence-electron chi connectivity index (χ1n) is 8.07. The Morgan fingerprint density at radius 2 is 2.00 bits per heavy atom. The van der Waals surface area contributed by atoms with Gasteiger partial charge < -0.3 is 15.7 Å². The van der Waals surface area contributed by atoms with E-state index in [-0.39, 0.29) is 24.0 Å². The van der Waals surface area contributed by atoms with Gasteiger partial charge in [0, 0.05) is 23.2 Å². The molecule has 1 aromatic rings. The molecule has 3 N–H and O–H groups in total. The molecule has 1 fully saturated rings. The molecule has 6 heteroatoms. The topological polar surface area (TPSA) is 56.7 Å². The van der Waals surface area contributed by atoms with E-state index in [4.69, 9.17) is 0 Å².